The maximum absolute atomic E-state index is 11.2. The molecule has 0 bridgehead atoms. The SMILES string of the molecule is CS(=O)(=O)Cc1cccc(CC2(N)CC2)c1. The van der Waals surface area contributed by atoms with Crippen LogP contribution in [0.2, 0.25) is 0 Å². The number of hydrogen-bond donors (Lipinski definition) is 1. The van der Waals surface area contributed by atoms with E-state index in [1.807, 2.05) is 24.3 Å². The van der Waals surface area contributed by atoms with Crippen molar-refractivity contribution in [3.8, 4) is 0 Å². The molecule has 1 aromatic carbocycles. The normalized spacial score (nSPS) is 18.4. The van der Waals surface area contributed by atoms with Crippen molar-refractivity contribution < 1.29 is 8.42 Å². The number of benzene rings is 1. The lowest BCUT2D eigenvalue weighted by Crippen LogP contribution is -2.24. The molecule has 0 aromatic heterocycles. The first-order chi connectivity index (χ1) is 7.36. The third-order valence-electron chi connectivity index (χ3n) is 2.87. The fourth-order valence-electron chi connectivity index (χ4n) is 1.88. The van der Waals surface area contributed by atoms with Gasteiger partial charge in [-0.05, 0) is 30.4 Å². The van der Waals surface area contributed by atoms with Crippen LogP contribution in [0, 0.1) is 0 Å². The highest BCUT2D eigenvalue weighted by Crippen LogP contribution is 2.35. The molecule has 2 N–H and O–H groups in total. The summed E-state index contributed by atoms with van der Waals surface area (Å²) in [5.74, 6) is 0.110. The summed E-state index contributed by atoms with van der Waals surface area (Å²) in [6.07, 6.45) is 4.25. The van der Waals surface area contributed by atoms with Gasteiger partial charge in [0.25, 0.3) is 0 Å². The fraction of sp³-hybridized carbons (Fsp3) is 0.500. The Morgan fingerprint density at radius 2 is 1.94 bits per heavy atom. The molecule has 0 heterocycles. The molecule has 0 radical (unpaired) electrons. The number of hydrogen-bond acceptors (Lipinski definition) is 3. The molecular formula is C12H17NO2S. The Morgan fingerprint density at radius 3 is 2.50 bits per heavy atom. The van der Waals surface area contributed by atoms with Gasteiger partial charge in [0.05, 0.1) is 5.75 Å². The molecule has 1 aromatic rings. The molecule has 0 atom stereocenters. The van der Waals surface area contributed by atoms with Crippen molar-refractivity contribution in [3.05, 3.63) is 35.4 Å². The van der Waals surface area contributed by atoms with Crippen LogP contribution in [-0.4, -0.2) is 20.2 Å². The van der Waals surface area contributed by atoms with E-state index in [9.17, 15) is 8.42 Å². The first kappa shape index (κ1) is 11.6. The van der Waals surface area contributed by atoms with Crippen LogP contribution < -0.4 is 5.73 Å². The smallest absolute Gasteiger partial charge is 0.151 e. The van der Waals surface area contributed by atoms with Crippen molar-refractivity contribution in [1.29, 1.82) is 0 Å². The quantitative estimate of drug-likeness (QED) is 0.860. The van der Waals surface area contributed by atoms with Crippen molar-refractivity contribution in [1.82, 2.24) is 0 Å². The Balaban J connectivity index is 2.13. The topological polar surface area (TPSA) is 60.2 Å². The van der Waals surface area contributed by atoms with Gasteiger partial charge in [0, 0.05) is 11.8 Å². The van der Waals surface area contributed by atoms with E-state index in [1.165, 1.54) is 6.26 Å². The Kier molecular flexibility index (Phi) is 2.80. The van der Waals surface area contributed by atoms with E-state index < -0.39 is 9.84 Å². The highest BCUT2D eigenvalue weighted by Gasteiger charge is 2.37. The fourth-order valence-corrected chi connectivity index (χ4v) is 2.66. The predicted molar refractivity (Wildman–Crippen MR) is 64.8 cm³/mol. The second-order valence-electron chi connectivity index (χ2n) is 4.93. The Hall–Kier alpha value is -0.870. The molecule has 4 heteroatoms. The lowest BCUT2D eigenvalue weighted by atomic mass is 10.0. The standard InChI is InChI=1S/C12H17NO2S/c1-16(14,15)9-11-4-2-3-10(7-11)8-12(13)5-6-12/h2-4,7H,5-6,8-9,13H2,1H3. The zero-order valence-corrected chi connectivity index (χ0v) is 10.3. The van der Waals surface area contributed by atoms with Crippen LogP contribution in [0.5, 0.6) is 0 Å². The second kappa shape index (κ2) is 3.86. The Bertz CT molecular complexity index is 489. The molecular weight excluding hydrogens is 222 g/mol. The van der Waals surface area contributed by atoms with Gasteiger partial charge in [-0.3, -0.25) is 0 Å². The van der Waals surface area contributed by atoms with Crippen molar-refractivity contribution in [3.63, 3.8) is 0 Å². The van der Waals surface area contributed by atoms with E-state index in [0.717, 1.165) is 30.4 Å². The summed E-state index contributed by atoms with van der Waals surface area (Å²) in [6, 6.07) is 7.72. The minimum Gasteiger partial charge on any atom is -0.325 e. The van der Waals surface area contributed by atoms with Gasteiger partial charge in [0.1, 0.15) is 0 Å². The molecule has 3 nitrogen and oxygen atoms in total. The van der Waals surface area contributed by atoms with Gasteiger partial charge in [-0.15, -0.1) is 0 Å². The summed E-state index contributed by atoms with van der Waals surface area (Å²) >= 11 is 0. The summed E-state index contributed by atoms with van der Waals surface area (Å²) in [6.45, 7) is 0. The summed E-state index contributed by atoms with van der Waals surface area (Å²) < 4.78 is 22.4. The van der Waals surface area contributed by atoms with Crippen LogP contribution in [0.1, 0.15) is 24.0 Å². The van der Waals surface area contributed by atoms with E-state index >= 15 is 0 Å². The van der Waals surface area contributed by atoms with Crippen molar-refractivity contribution >= 4 is 9.84 Å². The van der Waals surface area contributed by atoms with E-state index in [1.54, 1.807) is 0 Å². The molecule has 0 aliphatic heterocycles. The average Bonchev–Trinajstić information content (AvgIpc) is 2.80. The van der Waals surface area contributed by atoms with Gasteiger partial charge in [0.15, 0.2) is 9.84 Å². The van der Waals surface area contributed by atoms with Gasteiger partial charge in [-0.2, -0.15) is 0 Å². The highest BCUT2D eigenvalue weighted by molar-refractivity contribution is 7.89. The predicted octanol–water partition coefficient (Wildman–Crippen LogP) is 1.26. The van der Waals surface area contributed by atoms with Gasteiger partial charge in [-0.25, -0.2) is 8.42 Å². The van der Waals surface area contributed by atoms with Crippen molar-refractivity contribution in [2.75, 3.05) is 6.26 Å². The van der Waals surface area contributed by atoms with E-state index in [-0.39, 0.29) is 11.3 Å². The average molecular weight is 239 g/mol. The zero-order chi connectivity index (χ0) is 11.8. The summed E-state index contributed by atoms with van der Waals surface area (Å²) in [4.78, 5) is 0. The maximum Gasteiger partial charge on any atom is 0.151 e. The number of sulfone groups is 1. The zero-order valence-electron chi connectivity index (χ0n) is 9.44. The van der Waals surface area contributed by atoms with Gasteiger partial charge in [-0.1, -0.05) is 24.3 Å². The van der Waals surface area contributed by atoms with Crippen molar-refractivity contribution in [2.45, 2.75) is 30.6 Å². The maximum atomic E-state index is 11.2. The van der Waals surface area contributed by atoms with E-state index in [2.05, 4.69) is 0 Å². The molecule has 1 fully saturated rings. The summed E-state index contributed by atoms with van der Waals surface area (Å²) in [7, 11) is -2.95. The molecule has 0 saturated heterocycles. The van der Waals surface area contributed by atoms with Crippen LogP contribution in [-0.2, 0) is 22.0 Å². The van der Waals surface area contributed by atoms with Gasteiger partial charge in [0.2, 0.25) is 0 Å². The molecule has 1 saturated carbocycles. The Morgan fingerprint density at radius 1 is 1.31 bits per heavy atom. The first-order valence-corrected chi connectivity index (χ1v) is 7.47. The van der Waals surface area contributed by atoms with E-state index in [4.69, 9.17) is 5.73 Å². The van der Waals surface area contributed by atoms with Gasteiger partial charge < -0.3 is 5.73 Å². The molecule has 0 spiro atoms. The highest BCUT2D eigenvalue weighted by atomic mass is 32.2. The van der Waals surface area contributed by atoms with Crippen LogP contribution in [0.4, 0.5) is 0 Å². The van der Waals surface area contributed by atoms with Crippen LogP contribution >= 0.6 is 0 Å². The van der Waals surface area contributed by atoms with Crippen LogP contribution in [0.15, 0.2) is 24.3 Å². The summed E-state index contributed by atoms with van der Waals surface area (Å²) in [5, 5.41) is 0. The van der Waals surface area contributed by atoms with Crippen LogP contribution in [0.3, 0.4) is 0 Å². The third-order valence-corrected chi connectivity index (χ3v) is 3.73. The largest absolute Gasteiger partial charge is 0.325 e. The lowest BCUT2D eigenvalue weighted by molar-refractivity contribution is 0.601. The summed E-state index contributed by atoms with van der Waals surface area (Å²) in [5.41, 5.74) is 8.00. The molecule has 0 amide bonds. The Labute approximate surface area is 96.6 Å². The third kappa shape index (κ3) is 3.32. The second-order valence-corrected chi connectivity index (χ2v) is 7.07. The minimum atomic E-state index is -2.95. The molecule has 88 valence electrons. The van der Waals surface area contributed by atoms with E-state index in [0.29, 0.717) is 0 Å². The van der Waals surface area contributed by atoms with Gasteiger partial charge >= 0.3 is 0 Å². The first-order valence-electron chi connectivity index (χ1n) is 5.41. The minimum absolute atomic E-state index is 0.0241. The molecule has 2 rings (SSSR count). The van der Waals surface area contributed by atoms with Crippen molar-refractivity contribution in [2.24, 2.45) is 5.73 Å². The number of rotatable bonds is 4. The lowest BCUT2D eigenvalue weighted by Gasteiger charge is -2.09. The molecule has 1 aliphatic rings. The monoisotopic (exact) mass is 239 g/mol. The number of nitrogens with two attached hydrogens (primary N) is 1. The molecule has 16 heavy (non-hydrogen) atoms. The molecule has 0 unspecified atom stereocenters. The van der Waals surface area contributed by atoms with Crippen LogP contribution in [0.25, 0.3) is 0 Å². The molecule has 1 aliphatic carbocycles.